The Labute approximate surface area is 158 Å². The maximum Gasteiger partial charge on any atom is 0.328 e. The lowest BCUT2D eigenvalue weighted by Gasteiger charge is -2.33. The van der Waals surface area contributed by atoms with E-state index in [-0.39, 0.29) is 18.3 Å². The molecule has 7 nitrogen and oxygen atoms in total. The topological polar surface area (TPSA) is 85.5 Å². The highest BCUT2D eigenvalue weighted by molar-refractivity contribution is 5.84. The Bertz CT molecular complexity index is 802. The number of piperidine rings is 1. The number of amides is 1. The van der Waals surface area contributed by atoms with Crippen molar-refractivity contribution in [2.24, 2.45) is 0 Å². The van der Waals surface area contributed by atoms with Crippen LogP contribution in [0.2, 0.25) is 0 Å². The maximum atomic E-state index is 12.6. The minimum Gasteiger partial charge on any atom is -0.467 e. The first-order valence-corrected chi connectivity index (χ1v) is 9.31. The molecule has 0 N–H and O–H groups in total. The number of aryl methyl sites for hydroxylation is 2. The van der Waals surface area contributed by atoms with Crippen molar-refractivity contribution in [1.29, 1.82) is 0 Å². The third-order valence-corrected chi connectivity index (χ3v) is 4.80. The zero-order valence-corrected chi connectivity index (χ0v) is 15.8. The van der Waals surface area contributed by atoms with Crippen molar-refractivity contribution in [2.75, 3.05) is 13.7 Å². The first kappa shape index (κ1) is 19.1. The molecule has 2 heterocycles. The molecule has 1 atom stereocenters. The lowest BCUT2D eigenvalue weighted by molar-refractivity contribution is -0.154. The largest absolute Gasteiger partial charge is 0.467 e. The minimum absolute atomic E-state index is 0.0801. The summed E-state index contributed by atoms with van der Waals surface area (Å²) in [7, 11) is 1.35. The number of esters is 1. The predicted molar refractivity (Wildman–Crippen MR) is 98.0 cm³/mol. The Balaban J connectivity index is 1.56. The molecule has 144 valence electrons. The van der Waals surface area contributed by atoms with Crippen molar-refractivity contribution in [3.63, 3.8) is 0 Å². The van der Waals surface area contributed by atoms with Crippen LogP contribution in [-0.2, 0) is 27.2 Å². The van der Waals surface area contributed by atoms with Crippen LogP contribution in [0.1, 0.15) is 48.6 Å². The van der Waals surface area contributed by atoms with Crippen LogP contribution in [-0.4, -0.2) is 46.7 Å². The average molecular weight is 371 g/mol. The summed E-state index contributed by atoms with van der Waals surface area (Å²) in [6, 6.07) is 7.66. The average Bonchev–Trinajstić information content (AvgIpc) is 3.12. The van der Waals surface area contributed by atoms with Crippen molar-refractivity contribution in [3.05, 3.63) is 47.2 Å². The van der Waals surface area contributed by atoms with E-state index in [1.54, 1.807) is 4.90 Å². The molecule has 1 saturated heterocycles. The number of benzene rings is 1. The number of rotatable bonds is 6. The van der Waals surface area contributed by atoms with E-state index in [0.29, 0.717) is 37.6 Å². The molecule has 0 spiro atoms. The van der Waals surface area contributed by atoms with E-state index in [9.17, 15) is 9.59 Å². The van der Waals surface area contributed by atoms with Crippen LogP contribution in [0.4, 0.5) is 0 Å². The van der Waals surface area contributed by atoms with Crippen molar-refractivity contribution >= 4 is 11.9 Å². The molecule has 1 aliphatic heterocycles. The fourth-order valence-corrected chi connectivity index (χ4v) is 3.43. The zero-order valence-electron chi connectivity index (χ0n) is 15.8. The van der Waals surface area contributed by atoms with Gasteiger partial charge >= 0.3 is 5.97 Å². The molecule has 2 aromatic rings. The normalized spacial score (nSPS) is 17.0. The summed E-state index contributed by atoms with van der Waals surface area (Å²) in [4.78, 5) is 26.1. The second kappa shape index (κ2) is 8.79. The van der Waals surface area contributed by atoms with Crippen molar-refractivity contribution < 1.29 is 18.7 Å². The molecule has 0 aliphatic carbocycles. The zero-order chi connectivity index (χ0) is 19.2. The van der Waals surface area contributed by atoms with Crippen LogP contribution in [0, 0.1) is 6.92 Å². The molecule has 27 heavy (non-hydrogen) atoms. The van der Waals surface area contributed by atoms with Crippen LogP contribution in [0.3, 0.4) is 0 Å². The number of aromatic nitrogens is 2. The molecule has 0 unspecified atom stereocenters. The summed E-state index contributed by atoms with van der Waals surface area (Å²) in [5.41, 5.74) is 2.29. The number of carbonyl (C=O) groups excluding carboxylic acids is 2. The van der Waals surface area contributed by atoms with E-state index in [2.05, 4.69) is 16.3 Å². The standard InChI is InChI=1S/C20H25N3O4/c1-14-6-5-7-15(12-14)13-18-22-21-17(27-18)9-10-19(24)23-11-4-3-8-16(23)20(25)26-2/h5-7,12,16H,3-4,8-11,13H2,1-2H3/t16-/m1/s1. The second-order valence-corrected chi connectivity index (χ2v) is 6.88. The van der Waals surface area contributed by atoms with E-state index >= 15 is 0 Å². The van der Waals surface area contributed by atoms with Gasteiger partial charge in [0.05, 0.1) is 13.5 Å². The van der Waals surface area contributed by atoms with Gasteiger partial charge in [-0.3, -0.25) is 4.79 Å². The summed E-state index contributed by atoms with van der Waals surface area (Å²) < 4.78 is 10.5. The number of nitrogens with zero attached hydrogens (tertiary/aromatic N) is 3. The highest BCUT2D eigenvalue weighted by Crippen LogP contribution is 2.20. The summed E-state index contributed by atoms with van der Waals surface area (Å²) in [5, 5.41) is 8.12. The lowest BCUT2D eigenvalue weighted by Crippen LogP contribution is -2.48. The van der Waals surface area contributed by atoms with Gasteiger partial charge in [0, 0.05) is 19.4 Å². The summed E-state index contributed by atoms with van der Waals surface area (Å²) >= 11 is 0. The van der Waals surface area contributed by atoms with E-state index < -0.39 is 6.04 Å². The molecule has 1 amide bonds. The van der Waals surface area contributed by atoms with Crippen LogP contribution >= 0.6 is 0 Å². The lowest BCUT2D eigenvalue weighted by atomic mass is 10.0. The summed E-state index contributed by atoms with van der Waals surface area (Å²) in [6.45, 7) is 2.62. The van der Waals surface area contributed by atoms with E-state index in [4.69, 9.17) is 9.15 Å². The Morgan fingerprint density at radius 1 is 1.26 bits per heavy atom. The van der Waals surface area contributed by atoms with Crippen LogP contribution in [0.25, 0.3) is 0 Å². The smallest absolute Gasteiger partial charge is 0.328 e. The molecular formula is C20H25N3O4. The van der Waals surface area contributed by atoms with Crippen LogP contribution in [0.5, 0.6) is 0 Å². The van der Waals surface area contributed by atoms with Crippen molar-refractivity contribution in [2.45, 2.75) is 51.5 Å². The van der Waals surface area contributed by atoms with E-state index in [1.165, 1.54) is 12.7 Å². The SMILES string of the molecule is COC(=O)[C@H]1CCCCN1C(=O)CCc1nnc(Cc2cccc(C)c2)o1. The second-order valence-electron chi connectivity index (χ2n) is 6.88. The predicted octanol–water partition coefficient (Wildman–Crippen LogP) is 2.46. The quantitative estimate of drug-likeness (QED) is 0.725. The van der Waals surface area contributed by atoms with Crippen LogP contribution < -0.4 is 0 Å². The monoisotopic (exact) mass is 371 g/mol. The van der Waals surface area contributed by atoms with Gasteiger partial charge in [0.2, 0.25) is 17.7 Å². The number of hydrogen-bond donors (Lipinski definition) is 0. The molecule has 0 bridgehead atoms. The Morgan fingerprint density at radius 3 is 2.85 bits per heavy atom. The molecule has 7 heteroatoms. The van der Waals surface area contributed by atoms with Gasteiger partial charge in [0.25, 0.3) is 0 Å². The van der Waals surface area contributed by atoms with E-state index in [0.717, 1.165) is 18.4 Å². The highest BCUT2D eigenvalue weighted by Gasteiger charge is 2.32. The molecule has 1 aliphatic rings. The Morgan fingerprint density at radius 2 is 2.07 bits per heavy atom. The Kier molecular flexibility index (Phi) is 6.21. The van der Waals surface area contributed by atoms with Gasteiger partial charge in [-0.25, -0.2) is 4.79 Å². The van der Waals surface area contributed by atoms with Gasteiger partial charge in [0.15, 0.2) is 0 Å². The number of ether oxygens (including phenoxy) is 1. The van der Waals surface area contributed by atoms with Gasteiger partial charge in [-0.2, -0.15) is 0 Å². The molecule has 0 saturated carbocycles. The third kappa shape index (κ3) is 4.93. The van der Waals surface area contributed by atoms with Crippen molar-refractivity contribution in [1.82, 2.24) is 15.1 Å². The van der Waals surface area contributed by atoms with Crippen LogP contribution in [0.15, 0.2) is 28.7 Å². The molecule has 0 radical (unpaired) electrons. The Hall–Kier alpha value is -2.70. The molecule has 3 rings (SSSR count). The summed E-state index contributed by atoms with van der Waals surface area (Å²) in [5.74, 6) is 0.552. The van der Waals surface area contributed by atoms with E-state index in [1.807, 2.05) is 25.1 Å². The fraction of sp³-hybridized carbons (Fsp3) is 0.500. The third-order valence-electron chi connectivity index (χ3n) is 4.80. The number of likely N-dealkylation sites (tertiary alicyclic amines) is 1. The van der Waals surface area contributed by atoms with Crippen molar-refractivity contribution in [3.8, 4) is 0 Å². The minimum atomic E-state index is -0.476. The summed E-state index contributed by atoms with van der Waals surface area (Å²) in [6.07, 6.45) is 3.65. The maximum absolute atomic E-state index is 12.6. The number of hydrogen-bond acceptors (Lipinski definition) is 6. The number of carbonyl (C=O) groups is 2. The molecular weight excluding hydrogens is 346 g/mol. The van der Waals surface area contributed by atoms with Gasteiger partial charge in [0.1, 0.15) is 6.04 Å². The number of methoxy groups -OCH3 is 1. The molecule has 1 aromatic carbocycles. The molecule has 1 aromatic heterocycles. The van der Waals surface area contributed by atoms with Gasteiger partial charge in [-0.15, -0.1) is 10.2 Å². The van der Waals surface area contributed by atoms with Gasteiger partial charge in [-0.1, -0.05) is 29.8 Å². The fourth-order valence-electron chi connectivity index (χ4n) is 3.43. The molecule has 1 fully saturated rings. The van der Waals surface area contributed by atoms with Gasteiger partial charge < -0.3 is 14.1 Å². The van der Waals surface area contributed by atoms with Gasteiger partial charge in [-0.05, 0) is 31.7 Å². The first-order valence-electron chi connectivity index (χ1n) is 9.31. The first-order chi connectivity index (χ1) is 13.1. The highest BCUT2D eigenvalue weighted by atomic mass is 16.5.